The zero-order valence-corrected chi connectivity index (χ0v) is 14.8. The zero-order valence-electron chi connectivity index (χ0n) is 14.8. The number of aromatic nitrogens is 2. The van der Waals surface area contributed by atoms with Crippen LogP contribution in [0.2, 0.25) is 0 Å². The van der Waals surface area contributed by atoms with Gasteiger partial charge in [-0.1, -0.05) is 30.3 Å². The minimum atomic E-state index is -0.357. The van der Waals surface area contributed by atoms with Crippen molar-refractivity contribution in [1.29, 1.82) is 0 Å². The van der Waals surface area contributed by atoms with Crippen molar-refractivity contribution in [3.63, 3.8) is 0 Å². The number of hydrogen-bond acceptors (Lipinski definition) is 5. The van der Waals surface area contributed by atoms with Gasteiger partial charge in [0.2, 0.25) is 0 Å². The topological polar surface area (TPSA) is 93.7 Å². The Labute approximate surface area is 152 Å². The van der Waals surface area contributed by atoms with Gasteiger partial charge in [-0.15, -0.1) is 0 Å². The summed E-state index contributed by atoms with van der Waals surface area (Å²) in [7, 11) is 1.76. The van der Waals surface area contributed by atoms with Gasteiger partial charge in [-0.25, -0.2) is 4.79 Å². The standard InChI is InChI=1S/C18H23N5O3/c1-21-15(12-19)11-16(20-21)17(24)22-7-9-23(10-8-22)18(25)26-13-14-5-3-2-4-6-14/h2-6,11H,7-10,12-13,19H2,1H3. The summed E-state index contributed by atoms with van der Waals surface area (Å²) >= 11 is 0. The summed E-state index contributed by atoms with van der Waals surface area (Å²) in [6.45, 7) is 2.36. The summed E-state index contributed by atoms with van der Waals surface area (Å²) in [5.74, 6) is -0.141. The Morgan fingerprint density at radius 3 is 2.38 bits per heavy atom. The molecule has 2 amide bonds. The van der Waals surface area contributed by atoms with Crippen molar-refractivity contribution >= 4 is 12.0 Å². The molecule has 1 aliphatic heterocycles. The van der Waals surface area contributed by atoms with E-state index in [0.717, 1.165) is 11.3 Å². The normalized spacial score (nSPS) is 14.4. The van der Waals surface area contributed by atoms with Crippen molar-refractivity contribution in [2.75, 3.05) is 26.2 Å². The smallest absolute Gasteiger partial charge is 0.410 e. The lowest BCUT2D eigenvalue weighted by molar-refractivity contribution is 0.0539. The third-order valence-corrected chi connectivity index (χ3v) is 4.44. The monoisotopic (exact) mass is 357 g/mol. The summed E-state index contributed by atoms with van der Waals surface area (Å²) in [5.41, 5.74) is 7.75. The van der Waals surface area contributed by atoms with E-state index in [4.69, 9.17) is 10.5 Å². The Morgan fingerprint density at radius 1 is 1.12 bits per heavy atom. The molecule has 1 fully saturated rings. The van der Waals surface area contributed by atoms with Gasteiger partial charge in [0.1, 0.15) is 6.61 Å². The first kappa shape index (κ1) is 17.9. The summed E-state index contributed by atoms with van der Waals surface area (Å²) < 4.78 is 6.95. The molecule has 8 nitrogen and oxygen atoms in total. The van der Waals surface area contributed by atoms with E-state index in [0.29, 0.717) is 38.4 Å². The minimum Gasteiger partial charge on any atom is -0.445 e. The van der Waals surface area contributed by atoms with Crippen molar-refractivity contribution in [2.24, 2.45) is 12.8 Å². The van der Waals surface area contributed by atoms with Gasteiger partial charge < -0.3 is 20.3 Å². The van der Waals surface area contributed by atoms with Crippen molar-refractivity contribution in [3.05, 3.63) is 53.3 Å². The van der Waals surface area contributed by atoms with Crippen molar-refractivity contribution in [1.82, 2.24) is 19.6 Å². The Hall–Kier alpha value is -2.87. The van der Waals surface area contributed by atoms with Gasteiger partial charge in [0.25, 0.3) is 5.91 Å². The van der Waals surface area contributed by atoms with E-state index in [-0.39, 0.29) is 18.6 Å². The second kappa shape index (κ2) is 8.01. The number of rotatable bonds is 4. The second-order valence-electron chi connectivity index (χ2n) is 6.17. The molecule has 3 rings (SSSR count). The molecule has 138 valence electrons. The highest BCUT2D eigenvalue weighted by Gasteiger charge is 2.27. The van der Waals surface area contributed by atoms with E-state index < -0.39 is 0 Å². The van der Waals surface area contributed by atoms with Gasteiger partial charge in [-0.05, 0) is 11.6 Å². The van der Waals surface area contributed by atoms with Crippen LogP contribution in [0.25, 0.3) is 0 Å². The molecule has 0 spiro atoms. The van der Waals surface area contributed by atoms with E-state index in [1.807, 2.05) is 30.3 Å². The van der Waals surface area contributed by atoms with Gasteiger partial charge in [-0.3, -0.25) is 9.48 Å². The number of ether oxygens (including phenoxy) is 1. The average Bonchev–Trinajstić information content (AvgIpc) is 3.07. The Morgan fingerprint density at radius 2 is 1.77 bits per heavy atom. The van der Waals surface area contributed by atoms with Gasteiger partial charge in [0, 0.05) is 39.8 Å². The highest BCUT2D eigenvalue weighted by Crippen LogP contribution is 2.11. The van der Waals surface area contributed by atoms with Crippen LogP contribution in [0.3, 0.4) is 0 Å². The molecule has 1 saturated heterocycles. The van der Waals surface area contributed by atoms with Crippen LogP contribution in [0.4, 0.5) is 4.79 Å². The fourth-order valence-electron chi connectivity index (χ4n) is 2.87. The van der Waals surface area contributed by atoms with Crippen molar-refractivity contribution in [2.45, 2.75) is 13.2 Å². The van der Waals surface area contributed by atoms with Crippen LogP contribution >= 0.6 is 0 Å². The predicted octanol–water partition coefficient (Wildman–Crippen LogP) is 0.973. The maximum atomic E-state index is 12.5. The molecule has 2 N–H and O–H groups in total. The highest BCUT2D eigenvalue weighted by molar-refractivity contribution is 5.92. The van der Waals surface area contributed by atoms with Crippen LogP contribution < -0.4 is 5.73 Å². The summed E-state index contributed by atoms with van der Waals surface area (Å²) in [5, 5.41) is 4.21. The number of carbonyl (C=O) groups is 2. The predicted molar refractivity (Wildman–Crippen MR) is 95.2 cm³/mol. The molecule has 1 aromatic heterocycles. The number of nitrogens with two attached hydrogens (primary N) is 1. The molecule has 2 heterocycles. The molecule has 26 heavy (non-hydrogen) atoms. The molecule has 2 aromatic rings. The molecule has 0 aliphatic carbocycles. The third kappa shape index (κ3) is 4.02. The lowest BCUT2D eigenvalue weighted by Gasteiger charge is -2.33. The maximum absolute atomic E-state index is 12.5. The van der Waals surface area contributed by atoms with Crippen molar-refractivity contribution in [3.8, 4) is 0 Å². The number of nitrogens with zero attached hydrogens (tertiary/aromatic N) is 4. The van der Waals surface area contributed by atoms with Crippen molar-refractivity contribution < 1.29 is 14.3 Å². The van der Waals surface area contributed by atoms with Gasteiger partial charge in [0.15, 0.2) is 5.69 Å². The number of hydrogen-bond donors (Lipinski definition) is 1. The molecular weight excluding hydrogens is 334 g/mol. The van der Waals surface area contributed by atoms with Crippen LogP contribution in [-0.4, -0.2) is 57.8 Å². The fourth-order valence-corrected chi connectivity index (χ4v) is 2.87. The average molecular weight is 357 g/mol. The molecule has 0 saturated carbocycles. The molecule has 0 atom stereocenters. The van der Waals surface area contributed by atoms with Gasteiger partial charge in [0.05, 0.1) is 5.69 Å². The Kier molecular flexibility index (Phi) is 5.52. The van der Waals surface area contributed by atoms with Crippen LogP contribution in [0.5, 0.6) is 0 Å². The molecule has 0 bridgehead atoms. The largest absolute Gasteiger partial charge is 0.445 e. The number of benzene rings is 1. The lowest BCUT2D eigenvalue weighted by atomic mass is 10.2. The summed E-state index contributed by atoms with van der Waals surface area (Å²) in [6.07, 6.45) is -0.357. The number of carbonyl (C=O) groups excluding carboxylic acids is 2. The molecular formula is C18H23N5O3. The van der Waals surface area contributed by atoms with E-state index in [1.165, 1.54) is 0 Å². The molecule has 8 heteroatoms. The van der Waals surface area contributed by atoms with E-state index in [1.54, 1.807) is 27.6 Å². The fraction of sp³-hybridized carbons (Fsp3) is 0.389. The van der Waals surface area contributed by atoms with Crippen LogP contribution in [0.15, 0.2) is 36.4 Å². The van der Waals surface area contributed by atoms with E-state index >= 15 is 0 Å². The summed E-state index contributed by atoms with van der Waals surface area (Å²) in [4.78, 5) is 28.0. The molecule has 1 aliphatic rings. The first-order valence-corrected chi connectivity index (χ1v) is 8.56. The van der Waals surface area contributed by atoms with E-state index in [9.17, 15) is 9.59 Å². The quantitative estimate of drug-likeness (QED) is 0.880. The summed E-state index contributed by atoms with van der Waals surface area (Å²) in [6, 6.07) is 11.3. The molecule has 0 radical (unpaired) electrons. The van der Waals surface area contributed by atoms with Crippen LogP contribution in [0, 0.1) is 0 Å². The van der Waals surface area contributed by atoms with Gasteiger partial charge >= 0.3 is 6.09 Å². The highest BCUT2D eigenvalue weighted by atomic mass is 16.6. The molecule has 1 aromatic carbocycles. The first-order valence-electron chi connectivity index (χ1n) is 8.56. The Balaban J connectivity index is 1.50. The Bertz CT molecular complexity index is 766. The second-order valence-corrected chi connectivity index (χ2v) is 6.17. The van der Waals surface area contributed by atoms with Gasteiger partial charge in [-0.2, -0.15) is 5.10 Å². The number of piperazine rings is 1. The third-order valence-electron chi connectivity index (χ3n) is 4.44. The zero-order chi connectivity index (χ0) is 18.5. The number of amides is 2. The number of aryl methyl sites for hydroxylation is 1. The van der Waals surface area contributed by atoms with Crippen LogP contribution in [0.1, 0.15) is 21.7 Å². The van der Waals surface area contributed by atoms with Crippen LogP contribution in [-0.2, 0) is 24.9 Å². The van der Waals surface area contributed by atoms with E-state index in [2.05, 4.69) is 5.10 Å². The lowest BCUT2D eigenvalue weighted by Crippen LogP contribution is -2.50. The molecule has 0 unspecified atom stereocenters. The minimum absolute atomic E-state index is 0.141. The SMILES string of the molecule is Cn1nc(C(=O)N2CCN(C(=O)OCc3ccccc3)CC2)cc1CN. The first-order chi connectivity index (χ1) is 12.6. The maximum Gasteiger partial charge on any atom is 0.410 e.